The Morgan fingerprint density at radius 2 is 2.24 bits per heavy atom. The lowest BCUT2D eigenvalue weighted by Gasteiger charge is -2.12. The van der Waals surface area contributed by atoms with E-state index in [2.05, 4.69) is 25.9 Å². The van der Waals surface area contributed by atoms with Crippen LogP contribution in [0.15, 0.2) is 18.3 Å². The molecule has 0 spiro atoms. The van der Waals surface area contributed by atoms with Crippen LogP contribution in [0.4, 0.5) is 0 Å². The van der Waals surface area contributed by atoms with Gasteiger partial charge in [-0.05, 0) is 19.9 Å². The summed E-state index contributed by atoms with van der Waals surface area (Å²) < 4.78 is 5.68. The molecule has 0 atom stereocenters. The van der Waals surface area contributed by atoms with Crippen LogP contribution in [0, 0.1) is 0 Å². The van der Waals surface area contributed by atoms with Crippen LogP contribution in [0.5, 0.6) is 5.75 Å². The van der Waals surface area contributed by atoms with E-state index in [1.54, 1.807) is 12.3 Å². The highest BCUT2D eigenvalue weighted by molar-refractivity contribution is 9.08. The Hall–Kier alpha value is -0.870. The van der Waals surface area contributed by atoms with E-state index < -0.39 is 0 Å². The predicted molar refractivity (Wildman–Crippen MR) is 72.9 cm³/mol. The normalized spacial score (nSPS) is 11.1. The van der Waals surface area contributed by atoms with Crippen LogP contribution in [0.25, 0.3) is 11.0 Å². The van der Waals surface area contributed by atoms with Gasteiger partial charge in [-0.25, -0.2) is 4.98 Å². The van der Waals surface area contributed by atoms with E-state index in [0.717, 1.165) is 11.1 Å². The standard InChI is InChI=1S/C12H12BrClN2O/c1-7(2)17-10-3-4-15-9-5-8(6-13)12(14)16-11(9)10/h3-5,7H,6H2,1-2H3. The summed E-state index contributed by atoms with van der Waals surface area (Å²) in [7, 11) is 0. The monoisotopic (exact) mass is 314 g/mol. The van der Waals surface area contributed by atoms with E-state index in [-0.39, 0.29) is 6.10 Å². The molecule has 90 valence electrons. The van der Waals surface area contributed by atoms with Crippen LogP contribution in [-0.4, -0.2) is 16.1 Å². The van der Waals surface area contributed by atoms with Crippen molar-refractivity contribution in [2.24, 2.45) is 0 Å². The van der Waals surface area contributed by atoms with Crippen LogP contribution >= 0.6 is 27.5 Å². The fourth-order valence-corrected chi connectivity index (χ4v) is 2.30. The molecule has 17 heavy (non-hydrogen) atoms. The number of rotatable bonds is 3. The number of fused-ring (bicyclic) bond motifs is 1. The first kappa shape index (κ1) is 12.6. The number of nitrogens with zero attached hydrogens (tertiary/aromatic N) is 2. The van der Waals surface area contributed by atoms with Crippen LogP contribution < -0.4 is 4.74 Å². The second-order valence-electron chi connectivity index (χ2n) is 3.92. The zero-order valence-electron chi connectivity index (χ0n) is 9.58. The molecular weight excluding hydrogens is 304 g/mol. The average Bonchev–Trinajstić information content (AvgIpc) is 2.28. The van der Waals surface area contributed by atoms with Crippen molar-refractivity contribution in [2.75, 3.05) is 0 Å². The number of ether oxygens (including phenoxy) is 1. The molecule has 0 fully saturated rings. The zero-order chi connectivity index (χ0) is 12.4. The molecule has 0 radical (unpaired) electrons. The van der Waals surface area contributed by atoms with Crippen LogP contribution in [0.2, 0.25) is 5.15 Å². The lowest BCUT2D eigenvalue weighted by atomic mass is 10.2. The van der Waals surface area contributed by atoms with Crippen molar-refractivity contribution in [3.8, 4) is 5.75 Å². The van der Waals surface area contributed by atoms with Gasteiger partial charge in [0.2, 0.25) is 0 Å². The summed E-state index contributed by atoms with van der Waals surface area (Å²) in [6, 6.07) is 3.73. The molecule has 2 aromatic heterocycles. The number of aromatic nitrogens is 2. The summed E-state index contributed by atoms with van der Waals surface area (Å²) in [6.45, 7) is 3.95. The third kappa shape index (κ3) is 2.69. The highest BCUT2D eigenvalue weighted by Gasteiger charge is 2.10. The molecular formula is C12H12BrClN2O. The number of pyridine rings is 2. The minimum absolute atomic E-state index is 0.0945. The van der Waals surface area contributed by atoms with Gasteiger partial charge in [-0.3, -0.25) is 4.98 Å². The Labute approximate surface area is 113 Å². The van der Waals surface area contributed by atoms with E-state index in [1.165, 1.54) is 0 Å². The van der Waals surface area contributed by atoms with Crippen LogP contribution in [-0.2, 0) is 5.33 Å². The summed E-state index contributed by atoms with van der Waals surface area (Å²) >= 11 is 9.46. The van der Waals surface area contributed by atoms with Gasteiger partial charge < -0.3 is 4.74 Å². The van der Waals surface area contributed by atoms with Crippen molar-refractivity contribution in [3.05, 3.63) is 29.0 Å². The van der Waals surface area contributed by atoms with E-state index in [9.17, 15) is 0 Å². The molecule has 0 bridgehead atoms. The second kappa shape index (κ2) is 5.19. The Morgan fingerprint density at radius 1 is 1.47 bits per heavy atom. The fourth-order valence-electron chi connectivity index (χ4n) is 1.51. The smallest absolute Gasteiger partial charge is 0.149 e. The molecule has 2 rings (SSSR count). The summed E-state index contributed by atoms with van der Waals surface area (Å²) in [5, 5.41) is 1.14. The molecule has 0 saturated heterocycles. The molecule has 0 N–H and O–H groups in total. The summed E-state index contributed by atoms with van der Waals surface area (Å²) in [6.07, 6.45) is 1.81. The highest BCUT2D eigenvalue weighted by Crippen LogP contribution is 2.27. The van der Waals surface area contributed by atoms with Crippen molar-refractivity contribution in [1.82, 2.24) is 9.97 Å². The average molecular weight is 316 g/mol. The first-order valence-electron chi connectivity index (χ1n) is 5.28. The SMILES string of the molecule is CC(C)Oc1ccnc2cc(CBr)c(Cl)nc12. The fraction of sp³-hybridized carbons (Fsp3) is 0.333. The molecule has 0 saturated carbocycles. The molecule has 0 aromatic carbocycles. The number of halogens is 2. The van der Waals surface area contributed by atoms with E-state index >= 15 is 0 Å². The topological polar surface area (TPSA) is 35.0 Å². The van der Waals surface area contributed by atoms with Gasteiger partial charge in [0.05, 0.1) is 11.6 Å². The first-order chi connectivity index (χ1) is 8.11. The van der Waals surface area contributed by atoms with E-state index in [1.807, 2.05) is 19.9 Å². The maximum Gasteiger partial charge on any atom is 0.149 e. The lowest BCUT2D eigenvalue weighted by Crippen LogP contribution is -2.06. The predicted octanol–water partition coefficient (Wildman–Crippen LogP) is 3.97. The van der Waals surface area contributed by atoms with Gasteiger partial charge >= 0.3 is 0 Å². The molecule has 2 aromatic rings. The van der Waals surface area contributed by atoms with Gasteiger partial charge in [0.25, 0.3) is 0 Å². The molecule has 0 aliphatic heterocycles. The highest BCUT2D eigenvalue weighted by atomic mass is 79.9. The van der Waals surface area contributed by atoms with Crippen LogP contribution in [0.3, 0.4) is 0 Å². The second-order valence-corrected chi connectivity index (χ2v) is 4.83. The van der Waals surface area contributed by atoms with Gasteiger partial charge in [0.15, 0.2) is 0 Å². The van der Waals surface area contributed by atoms with Crippen LogP contribution in [0.1, 0.15) is 19.4 Å². The summed E-state index contributed by atoms with van der Waals surface area (Å²) in [5.41, 5.74) is 2.42. The summed E-state index contributed by atoms with van der Waals surface area (Å²) in [5.74, 6) is 0.716. The van der Waals surface area contributed by atoms with Crippen molar-refractivity contribution >= 4 is 38.6 Å². The van der Waals surface area contributed by atoms with Crippen molar-refractivity contribution in [2.45, 2.75) is 25.3 Å². The van der Waals surface area contributed by atoms with Gasteiger partial charge in [-0.15, -0.1) is 0 Å². The third-order valence-electron chi connectivity index (χ3n) is 2.21. The third-order valence-corrected chi connectivity index (χ3v) is 3.14. The van der Waals surface area contributed by atoms with E-state index in [4.69, 9.17) is 16.3 Å². The molecule has 2 heterocycles. The van der Waals surface area contributed by atoms with Gasteiger partial charge in [-0.1, -0.05) is 27.5 Å². The maximum atomic E-state index is 6.09. The Kier molecular flexibility index (Phi) is 3.84. The van der Waals surface area contributed by atoms with Crippen molar-refractivity contribution < 1.29 is 4.74 Å². The Morgan fingerprint density at radius 3 is 2.88 bits per heavy atom. The Bertz CT molecular complexity index is 545. The lowest BCUT2D eigenvalue weighted by molar-refractivity contribution is 0.245. The molecule has 0 unspecified atom stereocenters. The van der Waals surface area contributed by atoms with Gasteiger partial charge in [0, 0.05) is 23.2 Å². The van der Waals surface area contributed by atoms with E-state index in [0.29, 0.717) is 21.7 Å². The zero-order valence-corrected chi connectivity index (χ0v) is 11.9. The molecule has 3 nitrogen and oxygen atoms in total. The van der Waals surface area contributed by atoms with Crippen molar-refractivity contribution in [1.29, 1.82) is 0 Å². The molecule has 0 amide bonds. The largest absolute Gasteiger partial charge is 0.489 e. The number of hydrogen-bond acceptors (Lipinski definition) is 3. The van der Waals surface area contributed by atoms with Crippen molar-refractivity contribution in [3.63, 3.8) is 0 Å². The first-order valence-corrected chi connectivity index (χ1v) is 6.78. The van der Waals surface area contributed by atoms with Gasteiger partial charge in [0.1, 0.15) is 16.4 Å². The number of hydrogen-bond donors (Lipinski definition) is 0. The number of alkyl halides is 1. The molecule has 5 heteroatoms. The van der Waals surface area contributed by atoms with Gasteiger partial charge in [-0.2, -0.15) is 0 Å². The minimum atomic E-state index is 0.0945. The molecule has 0 aliphatic rings. The minimum Gasteiger partial charge on any atom is -0.489 e. The summed E-state index contributed by atoms with van der Waals surface area (Å²) in [4.78, 5) is 8.62. The quantitative estimate of drug-likeness (QED) is 0.635. The molecule has 0 aliphatic carbocycles. The Balaban J connectivity index is 2.60. The maximum absolute atomic E-state index is 6.09.